The molecular weight excluding hydrogens is 324 g/mol. The summed E-state index contributed by atoms with van der Waals surface area (Å²) in [5.41, 5.74) is 3.24. The van der Waals surface area contributed by atoms with Crippen LogP contribution < -0.4 is 0 Å². The van der Waals surface area contributed by atoms with Gasteiger partial charge in [-0.05, 0) is 31.4 Å². The highest BCUT2D eigenvalue weighted by Gasteiger charge is 2.63. The third-order valence-electron chi connectivity index (χ3n) is 4.90. The van der Waals surface area contributed by atoms with Crippen LogP contribution in [0.5, 0.6) is 0 Å². The van der Waals surface area contributed by atoms with Gasteiger partial charge in [-0.2, -0.15) is 0 Å². The lowest BCUT2D eigenvalue weighted by atomic mass is 9.74. The number of hydrogen-bond donors (Lipinski definition) is 1. The number of aryl methyl sites for hydroxylation is 2. The molecule has 2 aromatic rings. The van der Waals surface area contributed by atoms with E-state index in [-0.39, 0.29) is 5.41 Å². The SMILES string of the molecule is Cc1ccc(C(O)(c2ccc(C)cc2)[C@]2(C)C[C@H]2Br)cc1. The van der Waals surface area contributed by atoms with Crippen LogP contribution in [0.25, 0.3) is 0 Å². The van der Waals surface area contributed by atoms with Gasteiger partial charge in [0, 0.05) is 10.2 Å². The van der Waals surface area contributed by atoms with Gasteiger partial charge in [0.2, 0.25) is 0 Å². The highest BCUT2D eigenvalue weighted by Crippen LogP contribution is 2.63. The first-order valence-electron chi connectivity index (χ1n) is 7.39. The zero-order valence-electron chi connectivity index (χ0n) is 12.7. The molecule has 0 aromatic heterocycles. The lowest BCUT2D eigenvalue weighted by Gasteiger charge is -2.36. The number of benzene rings is 2. The Balaban J connectivity index is 2.16. The monoisotopic (exact) mass is 344 g/mol. The number of hydrogen-bond acceptors (Lipinski definition) is 1. The molecule has 1 N–H and O–H groups in total. The van der Waals surface area contributed by atoms with Gasteiger partial charge in [0.1, 0.15) is 5.60 Å². The lowest BCUT2D eigenvalue weighted by Crippen LogP contribution is -2.38. The Morgan fingerprint density at radius 1 is 0.952 bits per heavy atom. The third kappa shape index (κ3) is 2.25. The van der Waals surface area contributed by atoms with Crippen molar-refractivity contribution < 1.29 is 5.11 Å². The fourth-order valence-electron chi connectivity index (χ4n) is 3.10. The molecule has 1 saturated carbocycles. The second kappa shape index (κ2) is 4.96. The third-order valence-corrected chi connectivity index (χ3v) is 6.23. The van der Waals surface area contributed by atoms with Gasteiger partial charge in [-0.3, -0.25) is 0 Å². The maximum absolute atomic E-state index is 11.7. The van der Waals surface area contributed by atoms with Crippen LogP contribution in [0.3, 0.4) is 0 Å². The molecule has 110 valence electrons. The highest BCUT2D eigenvalue weighted by molar-refractivity contribution is 9.09. The molecule has 1 aliphatic rings. The Hall–Kier alpha value is -1.12. The van der Waals surface area contributed by atoms with Gasteiger partial charge in [0.25, 0.3) is 0 Å². The highest BCUT2D eigenvalue weighted by atomic mass is 79.9. The maximum atomic E-state index is 11.7. The first-order valence-corrected chi connectivity index (χ1v) is 8.30. The largest absolute Gasteiger partial charge is 0.380 e. The van der Waals surface area contributed by atoms with E-state index < -0.39 is 5.60 Å². The fourth-order valence-corrected chi connectivity index (χ4v) is 4.11. The molecule has 0 radical (unpaired) electrons. The molecule has 1 aliphatic carbocycles. The van der Waals surface area contributed by atoms with E-state index in [2.05, 4.69) is 85.2 Å². The molecule has 3 rings (SSSR count). The minimum Gasteiger partial charge on any atom is -0.380 e. The van der Waals surface area contributed by atoms with Crippen molar-refractivity contribution in [2.75, 3.05) is 0 Å². The molecule has 0 aliphatic heterocycles. The minimum absolute atomic E-state index is 0.169. The van der Waals surface area contributed by atoms with Crippen molar-refractivity contribution in [3.05, 3.63) is 70.8 Å². The summed E-state index contributed by atoms with van der Waals surface area (Å²) < 4.78 is 0. The number of halogens is 1. The van der Waals surface area contributed by atoms with Gasteiger partial charge < -0.3 is 5.11 Å². The Morgan fingerprint density at radius 3 is 1.57 bits per heavy atom. The molecule has 0 spiro atoms. The molecule has 0 bridgehead atoms. The van der Waals surface area contributed by atoms with Gasteiger partial charge in [0.05, 0.1) is 0 Å². The zero-order chi connectivity index (χ0) is 15.3. The van der Waals surface area contributed by atoms with Crippen LogP contribution in [-0.2, 0) is 5.60 Å². The first kappa shape index (κ1) is 14.8. The van der Waals surface area contributed by atoms with Crippen LogP contribution in [0.2, 0.25) is 0 Å². The Bertz CT molecular complexity index is 599. The molecule has 0 amide bonds. The van der Waals surface area contributed by atoms with E-state index in [4.69, 9.17) is 0 Å². The molecule has 0 unspecified atom stereocenters. The summed E-state index contributed by atoms with van der Waals surface area (Å²) in [6.45, 7) is 6.30. The van der Waals surface area contributed by atoms with Crippen molar-refractivity contribution in [1.29, 1.82) is 0 Å². The van der Waals surface area contributed by atoms with Crippen LogP contribution in [0.1, 0.15) is 35.6 Å². The van der Waals surface area contributed by atoms with Crippen LogP contribution in [0.4, 0.5) is 0 Å². The van der Waals surface area contributed by atoms with Crippen LogP contribution in [0.15, 0.2) is 48.5 Å². The summed E-state index contributed by atoms with van der Waals surface area (Å²) in [7, 11) is 0. The Labute approximate surface area is 135 Å². The molecule has 1 nitrogen and oxygen atoms in total. The van der Waals surface area contributed by atoms with Gasteiger partial charge in [-0.1, -0.05) is 82.5 Å². The molecule has 1 fully saturated rings. The molecule has 21 heavy (non-hydrogen) atoms. The predicted octanol–water partition coefficient (Wildman–Crippen LogP) is 4.71. The summed E-state index contributed by atoms with van der Waals surface area (Å²) in [5, 5.41) is 11.7. The van der Waals surface area contributed by atoms with Crippen LogP contribution >= 0.6 is 15.9 Å². The summed E-state index contributed by atoms with van der Waals surface area (Å²) in [6.07, 6.45) is 0.977. The summed E-state index contributed by atoms with van der Waals surface area (Å²) in [6, 6.07) is 16.5. The van der Waals surface area contributed by atoms with Crippen molar-refractivity contribution in [3.63, 3.8) is 0 Å². The van der Waals surface area contributed by atoms with E-state index in [9.17, 15) is 5.11 Å². The quantitative estimate of drug-likeness (QED) is 0.799. The number of aliphatic hydroxyl groups is 1. The second-order valence-corrected chi connectivity index (χ2v) is 7.64. The Kier molecular flexibility index (Phi) is 3.50. The van der Waals surface area contributed by atoms with E-state index in [1.807, 2.05) is 0 Å². The van der Waals surface area contributed by atoms with E-state index in [1.54, 1.807) is 0 Å². The van der Waals surface area contributed by atoms with Crippen LogP contribution in [-0.4, -0.2) is 9.93 Å². The normalized spacial score (nSPS) is 24.9. The number of alkyl halides is 1. The van der Waals surface area contributed by atoms with E-state index in [0.717, 1.165) is 17.5 Å². The zero-order valence-corrected chi connectivity index (χ0v) is 14.3. The van der Waals surface area contributed by atoms with Crippen molar-refractivity contribution >= 4 is 15.9 Å². The predicted molar refractivity (Wildman–Crippen MR) is 90.8 cm³/mol. The standard InChI is InChI=1S/C19H21BrO/c1-13-4-8-15(9-5-13)19(21,18(3)12-17(18)20)16-10-6-14(2)7-11-16/h4-11,17,21H,12H2,1-3H3/t17-,18-/m1/s1. The van der Waals surface area contributed by atoms with Gasteiger partial charge in [-0.15, -0.1) is 0 Å². The van der Waals surface area contributed by atoms with Crippen LogP contribution in [0, 0.1) is 19.3 Å². The van der Waals surface area contributed by atoms with Gasteiger partial charge in [0.15, 0.2) is 0 Å². The topological polar surface area (TPSA) is 20.2 Å². The average Bonchev–Trinajstić information content (AvgIpc) is 3.09. The average molecular weight is 345 g/mol. The Morgan fingerprint density at radius 2 is 1.29 bits per heavy atom. The van der Waals surface area contributed by atoms with Crippen molar-refractivity contribution in [2.24, 2.45) is 5.41 Å². The fraction of sp³-hybridized carbons (Fsp3) is 0.368. The maximum Gasteiger partial charge on any atom is 0.121 e. The van der Waals surface area contributed by atoms with E-state index >= 15 is 0 Å². The smallest absolute Gasteiger partial charge is 0.121 e. The molecule has 2 heteroatoms. The second-order valence-electron chi connectivity index (χ2n) is 6.53. The summed E-state index contributed by atoms with van der Waals surface area (Å²) in [4.78, 5) is 0.345. The summed E-state index contributed by atoms with van der Waals surface area (Å²) >= 11 is 3.70. The molecule has 0 heterocycles. The molecule has 2 aromatic carbocycles. The first-order chi connectivity index (χ1) is 9.88. The van der Waals surface area contributed by atoms with Gasteiger partial charge >= 0.3 is 0 Å². The number of rotatable bonds is 3. The van der Waals surface area contributed by atoms with Crippen molar-refractivity contribution in [1.82, 2.24) is 0 Å². The molecule has 2 atom stereocenters. The van der Waals surface area contributed by atoms with E-state index in [0.29, 0.717) is 4.83 Å². The minimum atomic E-state index is -0.956. The van der Waals surface area contributed by atoms with E-state index in [1.165, 1.54) is 11.1 Å². The van der Waals surface area contributed by atoms with Crippen molar-refractivity contribution in [3.8, 4) is 0 Å². The van der Waals surface area contributed by atoms with Crippen molar-refractivity contribution in [2.45, 2.75) is 37.6 Å². The van der Waals surface area contributed by atoms with Gasteiger partial charge in [-0.25, -0.2) is 0 Å². The summed E-state index contributed by atoms with van der Waals surface area (Å²) in [5.74, 6) is 0. The molecular formula is C19H21BrO. The lowest BCUT2D eigenvalue weighted by molar-refractivity contribution is 0.0110. The molecule has 0 saturated heterocycles.